The summed E-state index contributed by atoms with van der Waals surface area (Å²) < 4.78 is 0. The number of rotatable bonds is 3. The Hall–Kier alpha value is -1.59. The van der Waals surface area contributed by atoms with Crippen molar-refractivity contribution in [3.05, 3.63) is 0 Å². The third kappa shape index (κ3) is 3.44. The number of hydrogen-bond acceptors (Lipinski definition) is 3. The molecule has 2 amide bonds. The molecule has 0 aromatic carbocycles. The summed E-state index contributed by atoms with van der Waals surface area (Å²) in [6.45, 7) is 6.62. The molecule has 1 saturated heterocycles. The molecule has 1 aliphatic rings. The molecular formula is C11H20N4O2. The second-order valence-electron chi connectivity index (χ2n) is 4.56. The molecule has 17 heavy (non-hydrogen) atoms. The average Bonchev–Trinajstić information content (AvgIpc) is 2.24. The average molecular weight is 240 g/mol. The second-order valence-corrected chi connectivity index (χ2v) is 4.56. The van der Waals surface area contributed by atoms with Crippen molar-refractivity contribution in [3.63, 3.8) is 0 Å². The van der Waals surface area contributed by atoms with Crippen LogP contribution < -0.4 is 11.1 Å². The van der Waals surface area contributed by atoms with E-state index in [0.717, 1.165) is 0 Å². The van der Waals surface area contributed by atoms with Crippen LogP contribution >= 0.6 is 0 Å². The van der Waals surface area contributed by atoms with Crippen LogP contribution in [0.25, 0.3) is 0 Å². The Bertz CT molecular complexity index is 338. The summed E-state index contributed by atoms with van der Waals surface area (Å²) in [6, 6.07) is -0.399. The maximum absolute atomic E-state index is 11.6. The molecule has 0 bridgehead atoms. The molecule has 1 aliphatic heterocycles. The molecule has 1 unspecified atom stereocenters. The van der Waals surface area contributed by atoms with Crippen LogP contribution in [0.1, 0.15) is 27.2 Å². The second kappa shape index (κ2) is 5.65. The highest BCUT2D eigenvalue weighted by molar-refractivity contribution is 6.04. The van der Waals surface area contributed by atoms with Crippen molar-refractivity contribution >= 4 is 17.8 Å². The minimum atomic E-state index is -0.399. The lowest BCUT2D eigenvalue weighted by molar-refractivity contribution is -0.137. The fourth-order valence-electron chi connectivity index (χ4n) is 1.68. The van der Waals surface area contributed by atoms with Crippen LogP contribution in [0.2, 0.25) is 0 Å². The van der Waals surface area contributed by atoms with Gasteiger partial charge in [0.25, 0.3) is 0 Å². The molecule has 0 radical (unpaired) electrons. The monoisotopic (exact) mass is 240 g/mol. The first-order valence-electron chi connectivity index (χ1n) is 5.86. The molecule has 1 atom stereocenters. The fraction of sp³-hybridized carbons (Fsp3) is 0.727. The number of carbonyl (C=O) groups excluding carboxylic acids is 2. The predicted octanol–water partition coefficient (Wildman–Crippen LogP) is -0.306. The third-order valence-corrected chi connectivity index (χ3v) is 2.55. The van der Waals surface area contributed by atoms with E-state index in [9.17, 15) is 9.59 Å². The first kappa shape index (κ1) is 13.5. The molecular weight excluding hydrogens is 220 g/mol. The SMILES string of the molecule is CCC1C(=O)NC(=O)CN1C(N)=NCC(C)C. The van der Waals surface area contributed by atoms with Gasteiger partial charge in [-0.15, -0.1) is 0 Å². The van der Waals surface area contributed by atoms with Crippen LogP contribution in [0.4, 0.5) is 0 Å². The lowest BCUT2D eigenvalue weighted by atomic mass is 10.1. The molecule has 0 aromatic heterocycles. The van der Waals surface area contributed by atoms with E-state index >= 15 is 0 Å². The number of hydrogen-bond donors (Lipinski definition) is 2. The molecule has 1 rings (SSSR count). The predicted molar refractivity (Wildman–Crippen MR) is 65.3 cm³/mol. The summed E-state index contributed by atoms with van der Waals surface area (Å²) in [7, 11) is 0. The zero-order valence-electron chi connectivity index (χ0n) is 10.6. The number of guanidine groups is 1. The Balaban J connectivity index is 2.80. The normalized spacial score (nSPS) is 22.0. The van der Waals surface area contributed by atoms with Gasteiger partial charge >= 0.3 is 0 Å². The van der Waals surface area contributed by atoms with Gasteiger partial charge in [-0.3, -0.25) is 19.9 Å². The molecule has 96 valence electrons. The molecule has 6 nitrogen and oxygen atoms in total. The van der Waals surface area contributed by atoms with Crippen LogP contribution in [-0.4, -0.2) is 41.8 Å². The Morgan fingerprint density at radius 3 is 2.76 bits per heavy atom. The summed E-state index contributed by atoms with van der Waals surface area (Å²) in [6.07, 6.45) is 0.594. The van der Waals surface area contributed by atoms with Crippen molar-refractivity contribution in [2.75, 3.05) is 13.1 Å². The van der Waals surface area contributed by atoms with Gasteiger partial charge in [-0.1, -0.05) is 20.8 Å². The molecule has 0 saturated carbocycles. The van der Waals surface area contributed by atoms with Gasteiger partial charge in [-0.05, 0) is 12.3 Å². The highest BCUT2D eigenvalue weighted by Crippen LogP contribution is 2.09. The first-order valence-corrected chi connectivity index (χ1v) is 5.86. The largest absolute Gasteiger partial charge is 0.370 e. The third-order valence-electron chi connectivity index (χ3n) is 2.55. The lowest BCUT2D eigenvalue weighted by Gasteiger charge is -2.34. The summed E-state index contributed by atoms with van der Waals surface area (Å²) in [4.78, 5) is 28.7. The molecule has 0 aliphatic carbocycles. The maximum Gasteiger partial charge on any atom is 0.249 e. The van der Waals surface area contributed by atoms with E-state index in [4.69, 9.17) is 5.73 Å². The highest BCUT2D eigenvalue weighted by atomic mass is 16.2. The number of nitrogens with zero attached hydrogens (tertiary/aromatic N) is 2. The number of nitrogens with two attached hydrogens (primary N) is 1. The van der Waals surface area contributed by atoms with Crippen molar-refractivity contribution in [1.82, 2.24) is 10.2 Å². The number of imide groups is 1. The van der Waals surface area contributed by atoms with Crippen molar-refractivity contribution in [3.8, 4) is 0 Å². The minimum Gasteiger partial charge on any atom is -0.370 e. The number of nitrogens with one attached hydrogen (secondary N) is 1. The fourth-order valence-corrected chi connectivity index (χ4v) is 1.68. The summed E-state index contributed by atoms with van der Waals surface area (Å²) in [5.74, 6) is 0.0329. The van der Waals surface area contributed by atoms with Crippen LogP contribution in [0.5, 0.6) is 0 Å². The van der Waals surface area contributed by atoms with Crippen molar-refractivity contribution in [2.45, 2.75) is 33.2 Å². The lowest BCUT2D eigenvalue weighted by Crippen LogP contribution is -2.61. The van der Waals surface area contributed by atoms with Crippen molar-refractivity contribution in [2.24, 2.45) is 16.6 Å². The van der Waals surface area contributed by atoms with E-state index in [1.165, 1.54) is 0 Å². The first-order chi connectivity index (χ1) is 7.95. The summed E-state index contributed by atoms with van der Waals surface area (Å²) >= 11 is 0. The quantitative estimate of drug-likeness (QED) is 0.402. The van der Waals surface area contributed by atoms with E-state index in [1.54, 1.807) is 4.90 Å². The Morgan fingerprint density at radius 1 is 1.59 bits per heavy atom. The van der Waals surface area contributed by atoms with Crippen LogP contribution in [0.15, 0.2) is 4.99 Å². The number of carbonyl (C=O) groups is 2. The smallest absolute Gasteiger partial charge is 0.249 e. The molecule has 1 heterocycles. The van der Waals surface area contributed by atoms with Gasteiger partial charge < -0.3 is 10.6 Å². The Labute approximate surface area is 101 Å². The van der Waals surface area contributed by atoms with Crippen LogP contribution in [0.3, 0.4) is 0 Å². The number of amides is 2. The van der Waals surface area contributed by atoms with E-state index in [-0.39, 0.29) is 24.3 Å². The van der Waals surface area contributed by atoms with E-state index in [1.807, 2.05) is 20.8 Å². The van der Waals surface area contributed by atoms with Gasteiger partial charge in [0.1, 0.15) is 12.6 Å². The van der Waals surface area contributed by atoms with Gasteiger partial charge in [-0.2, -0.15) is 0 Å². The van der Waals surface area contributed by atoms with Gasteiger partial charge in [0, 0.05) is 6.54 Å². The van der Waals surface area contributed by atoms with Crippen LogP contribution in [-0.2, 0) is 9.59 Å². The van der Waals surface area contributed by atoms with Crippen LogP contribution in [0, 0.1) is 5.92 Å². The summed E-state index contributed by atoms with van der Waals surface area (Å²) in [5.41, 5.74) is 5.83. The van der Waals surface area contributed by atoms with E-state index in [2.05, 4.69) is 10.3 Å². The maximum atomic E-state index is 11.6. The van der Waals surface area contributed by atoms with Crippen molar-refractivity contribution in [1.29, 1.82) is 0 Å². The highest BCUT2D eigenvalue weighted by Gasteiger charge is 2.33. The van der Waals surface area contributed by atoms with Gasteiger partial charge in [0.15, 0.2) is 5.96 Å². The van der Waals surface area contributed by atoms with Gasteiger partial charge in [0.2, 0.25) is 11.8 Å². The zero-order chi connectivity index (χ0) is 13.0. The number of piperazine rings is 1. The molecule has 6 heteroatoms. The Kier molecular flexibility index (Phi) is 4.48. The molecule has 0 aromatic rings. The molecule has 3 N–H and O–H groups in total. The van der Waals surface area contributed by atoms with E-state index in [0.29, 0.717) is 18.9 Å². The number of aliphatic imine (C=N–C) groups is 1. The standard InChI is InChI=1S/C11H20N4O2/c1-4-8-10(17)14-9(16)6-15(8)11(12)13-5-7(2)3/h7-8H,4-6H2,1-3H3,(H2,12,13)(H,14,16,17). The van der Waals surface area contributed by atoms with E-state index < -0.39 is 6.04 Å². The topological polar surface area (TPSA) is 87.8 Å². The van der Waals surface area contributed by atoms with Gasteiger partial charge in [-0.25, -0.2) is 0 Å². The molecule has 0 spiro atoms. The summed E-state index contributed by atoms with van der Waals surface area (Å²) in [5, 5.41) is 2.30. The van der Waals surface area contributed by atoms with Crippen molar-refractivity contribution < 1.29 is 9.59 Å². The Morgan fingerprint density at radius 2 is 2.24 bits per heavy atom. The minimum absolute atomic E-state index is 0.0949. The zero-order valence-corrected chi connectivity index (χ0v) is 10.6. The molecule has 1 fully saturated rings. The van der Waals surface area contributed by atoms with Gasteiger partial charge in [0.05, 0.1) is 0 Å².